The Hall–Kier alpha value is -0.820. The number of hydrogen-bond donors (Lipinski definition) is 1. The van der Waals surface area contributed by atoms with Gasteiger partial charge in [0.05, 0.1) is 0 Å². The second-order valence-corrected chi connectivity index (χ2v) is 6.90. The van der Waals surface area contributed by atoms with Crippen molar-refractivity contribution in [2.45, 2.75) is 45.6 Å². The minimum atomic E-state index is 0.233. The predicted molar refractivity (Wildman–Crippen MR) is 71.9 cm³/mol. The van der Waals surface area contributed by atoms with Gasteiger partial charge in [0.25, 0.3) is 0 Å². The third-order valence-corrected chi connectivity index (χ3v) is 4.81. The Morgan fingerprint density at radius 3 is 2.65 bits per heavy atom. The molecule has 0 aliphatic heterocycles. The summed E-state index contributed by atoms with van der Waals surface area (Å²) in [5.74, 6) is 2.34. The Kier molecular flexibility index (Phi) is 2.38. The maximum atomic E-state index is 6.47. The van der Waals surface area contributed by atoms with Gasteiger partial charge in [0.1, 0.15) is 0 Å². The monoisotopic (exact) mass is 229 g/mol. The molecule has 92 valence electrons. The number of nitrogens with two attached hydrogens (primary N) is 1. The molecular formula is C16H23N. The zero-order chi connectivity index (χ0) is 12.2. The third-order valence-electron chi connectivity index (χ3n) is 4.81. The van der Waals surface area contributed by atoms with Crippen LogP contribution in [0.1, 0.15) is 44.2 Å². The van der Waals surface area contributed by atoms with Gasteiger partial charge in [0, 0.05) is 6.04 Å². The van der Waals surface area contributed by atoms with E-state index < -0.39 is 0 Å². The summed E-state index contributed by atoms with van der Waals surface area (Å²) in [7, 11) is 0. The SMILES string of the molecule is CC(C)(C)C(N)C1C2CCc3ccccc3C21. The molecule has 3 rings (SSSR count). The lowest BCUT2D eigenvalue weighted by molar-refractivity contribution is 0.281. The van der Waals surface area contributed by atoms with Crippen LogP contribution in [0.15, 0.2) is 24.3 Å². The standard InChI is InChI=1S/C16H23N/c1-16(2,3)15(17)14-12-9-8-10-6-4-5-7-11(10)13(12)14/h4-7,12-15H,8-9,17H2,1-3H3. The van der Waals surface area contributed by atoms with E-state index in [-0.39, 0.29) is 5.41 Å². The quantitative estimate of drug-likeness (QED) is 0.785. The van der Waals surface area contributed by atoms with Gasteiger partial charge in [-0.3, -0.25) is 0 Å². The van der Waals surface area contributed by atoms with Crippen molar-refractivity contribution >= 4 is 0 Å². The lowest BCUT2D eigenvalue weighted by Crippen LogP contribution is -2.37. The van der Waals surface area contributed by atoms with Crippen LogP contribution >= 0.6 is 0 Å². The molecule has 1 nitrogen and oxygen atoms in total. The molecule has 1 saturated carbocycles. The second kappa shape index (κ2) is 3.58. The average molecular weight is 229 g/mol. The summed E-state index contributed by atoms with van der Waals surface area (Å²) < 4.78 is 0. The zero-order valence-corrected chi connectivity index (χ0v) is 11.1. The van der Waals surface area contributed by atoms with Gasteiger partial charge < -0.3 is 5.73 Å². The Bertz CT molecular complexity index is 429. The summed E-state index contributed by atoms with van der Waals surface area (Å²) >= 11 is 0. The number of rotatable bonds is 1. The molecular weight excluding hydrogens is 206 g/mol. The summed E-state index contributed by atoms with van der Waals surface area (Å²) in [6.07, 6.45) is 2.60. The van der Waals surface area contributed by atoms with Crippen LogP contribution in [0.4, 0.5) is 0 Å². The van der Waals surface area contributed by atoms with Gasteiger partial charge >= 0.3 is 0 Å². The van der Waals surface area contributed by atoms with E-state index in [2.05, 4.69) is 45.0 Å². The molecule has 0 aromatic heterocycles. The highest BCUT2D eigenvalue weighted by Crippen LogP contribution is 2.62. The van der Waals surface area contributed by atoms with Crippen molar-refractivity contribution in [3.8, 4) is 0 Å². The topological polar surface area (TPSA) is 26.0 Å². The summed E-state index contributed by atoms with van der Waals surface area (Å²) in [6, 6.07) is 9.30. The minimum absolute atomic E-state index is 0.233. The zero-order valence-electron chi connectivity index (χ0n) is 11.1. The van der Waals surface area contributed by atoms with Crippen LogP contribution in [0, 0.1) is 17.3 Å². The molecule has 17 heavy (non-hydrogen) atoms. The summed E-state index contributed by atoms with van der Waals surface area (Å²) in [5.41, 5.74) is 9.86. The van der Waals surface area contributed by atoms with Crippen LogP contribution < -0.4 is 5.73 Å². The summed E-state index contributed by atoms with van der Waals surface area (Å²) in [6.45, 7) is 6.82. The van der Waals surface area contributed by atoms with Gasteiger partial charge in [-0.2, -0.15) is 0 Å². The first-order valence-corrected chi connectivity index (χ1v) is 6.83. The van der Waals surface area contributed by atoms with Crippen molar-refractivity contribution in [3.05, 3.63) is 35.4 Å². The Morgan fingerprint density at radius 1 is 1.24 bits per heavy atom. The predicted octanol–water partition coefficient (Wildman–Crippen LogP) is 3.34. The van der Waals surface area contributed by atoms with Gasteiger partial charge in [0.15, 0.2) is 0 Å². The van der Waals surface area contributed by atoms with Crippen molar-refractivity contribution in [2.75, 3.05) is 0 Å². The molecule has 0 bridgehead atoms. The van der Waals surface area contributed by atoms with Crippen LogP contribution in [0.25, 0.3) is 0 Å². The second-order valence-electron chi connectivity index (χ2n) is 6.90. The molecule has 1 aromatic rings. The molecule has 0 amide bonds. The van der Waals surface area contributed by atoms with E-state index in [0.29, 0.717) is 6.04 Å². The first-order valence-electron chi connectivity index (χ1n) is 6.83. The van der Waals surface area contributed by atoms with E-state index in [1.165, 1.54) is 12.8 Å². The van der Waals surface area contributed by atoms with Crippen LogP contribution in [-0.2, 0) is 6.42 Å². The fraction of sp³-hybridized carbons (Fsp3) is 0.625. The Morgan fingerprint density at radius 2 is 1.94 bits per heavy atom. The highest BCUT2D eigenvalue weighted by atomic mass is 14.8. The van der Waals surface area contributed by atoms with Crippen LogP contribution in [-0.4, -0.2) is 6.04 Å². The lowest BCUT2D eigenvalue weighted by atomic mass is 9.83. The smallest absolute Gasteiger partial charge is 0.0125 e. The lowest BCUT2D eigenvalue weighted by Gasteiger charge is -2.27. The highest BCUT2D eigenvalue weighted by molar-refractivity contribution is 5.40. The molecule has 1 heteroatoms. The maximum absolute atomic E-state index is 6.47. The molecule has 4 atom stereocenters. The molecule has 0 radical (unpaired) electrons. The number of benzene rings is 1. The fourth-order valence-electron chi connectivity index (χ4n) is 3.69. The number of fused-ring (bicyclic) bond motifs is 3. The third kappa shape index (κ3) is 1.72. The highest BCUT2D eigenvalue weighted by Gasteiger charge is 2.57. The molecule has 0 heterocycles. The van der Waals surface area contributed by atoms with Gasteiger partial charge in [-0.25, -0.2) is 0 Å². The molecule has 2 aliphatic carbocycles. The van der Waals surface area contributed by atoms with E-state index in [4.69, 9.17) is 5.73 Å². The molecule has 0 saturated heterocycles. The Balaban J connectivity index is 1.88. The van der Waals surface area contributed by atoms with E-state index >= 15 is 0 Å². The largest absolute Gasteiger partial charge is 0.327 e. The first kappa shape index (κ1) is 11.3. The maximum Gasteiger partial charge on any atom is 0.0125 e. The average Bonchev–Trinajstić information content (AvgIpc) is 3.01. The molecule has 4 unspecified atom stereocenters. The molecule has 2 aliphatic rings. The van der Waals surface area contributed by atoms with Gasteiger partial charge in [0.2, 0.25) is 0 Å². The van der Waals surface area contributed by atoms with E-state index in [0.717, 1.165) is 17.8 Å². The van der Waals surface area contributed by atoms with Crippen molar-refractivity contribution in [3.63, 3.8) is 0 Å². The van der Waals surface area contributed by atoms with Crippen molar-refractivity contribution in [1.82, 2.24) is 0 Å². The molecule has 2 N–H and O–H groups in total. The number of hydrogen-bond acceptors (Lipinski definition) is 1. The summed E-state index contributed by atoms with van der Waals surface area (Å²) in [5, 5.41) is 0. The minimum Gasteiger partial charge on any atom is -0.327 e. The van der Waals surface area contributed by atoms with Crippen molar-refractivity contribution in [2.24, 2.45) is 23.0 Å². The summed E-state index contributed by atoms with van der Waals surface area (Å²) in [4.78, 5) is 0. The van der Waals surface area contributed by atoms with E-state index in [1.54, 1.807) is 11.1 Å². The van der Waals surface area contributed by atoms with Gasteiger partial charge in [-0.05, 0) is 47.1 Å². The van der Waals surface area contributed by atoms with Crippen molar-refractivity contribution in [1.29, 1.82) is 0 Å². The first-order chi connectivity index (χ1) is 8.00. The van der Waals surface area contributed by atoms with Crippen LogP contribution in [0.3, 0.4) is 0 Å². The van der Waals surface area contributed by atoms with Crippen molar-refractivity contribution < 1.29 is 0 Å². The van der Waals surface area contributed by atoms with Gasteiger partial charge in [-0.15, -0.1) is 0 Å². The van der Waals surface area contributed by atoms with E-state index in [1.807, 2.05) is 0 Å². The molecule has 0 spiro atoms. The Labute approximate surface area is 104 Å². The van der Waals surface area contributed by atoms with E-state index in [9.17, 15) is 0 Å². The molecule has 1 fully saturated rings. The normalized spacial score (nSPS) is 32.6. The van der Waals surface area contributed by atoms with Crippen LogP contribution in [0.5, 0.6) is 0 Å². The fourth-order valence-corrected chi connectivity index (χ4v) is 3.69. The van der Waals surface area contributed by atoms with Gasteiger partial charge in [-0.1, -0.05) is 45.0 Å². The number of aryl methyl sites for hydroxylation is 1. The van der Waals surface area contributed by atoms with Crippen LogP contribution in [0.2, 0.25) is 0 Å². The molecule has 1 aromatic carbocycles.